The summed E-state index contributed by atoms with van der Waals surface area (Å²) in [5, 5.41) is 27.4. The summed E-state index contributed by atoms with van der Waals surface area (Å²) in [6.45, 7) is 0. The smallest absolute Gasteiger partial charge is 0.158 e. The molecule has 6 rings (SSSR count). The van der Waals surface area contributed by atoms with Crippen molar-refractivity contribution in [3.05, 3.63) is 109 Å². The van der Waals surface area contributed by atoms with E-state index in [1.165, 1.54) is 0 Å². The second-order valence-electron chi connectivity index (χ2n) is 8.04. The highest BCUT2D eigenvalue weighted by atomic mass is 16.3. The van der Waals surface area contributed by atoms with Gasteiger partial charge >= 0.3 is 0 Å². The Hall–Kier alpha value is -4.57. The Kier molecular flexibility index (Phi) is 4.37. The number of hydrogen-bond donors (Lipinski definition) is 2. The number of pyridine rings is 1. The average Bonchev–Trinajstić information content (AvgIpc) is 3.27. The molecule has 0 saturated carbocycles. The fourth-order valence-corrected chi connectivity index (χ4v) is 4.46. The lowest BCUT2D eigenvalue weighted by atomic mass is 9.96. The lowest BCUT2D eigenvalue weighted by Crippen LogP contribution is -1.95. The number of phenolic OH excluding ortho intramolecular Hbond substituents is 2. The van der Waals surface area contributed by atoms with E-state index in [1.54, 1.807) is 12.1 Å². The zero-order valence-electron chi connectivity index (χ0n) is 17.7. The Bertz CT molecular complexity index is 1610. The molecule has 2 aromatic heterocycles. The fourth-order valence-electron chi connectivity index (χ4n) is 4.46. The van der Waals surface area contributed by atoms with E-state index < -0.39 is 0 Å². The van der Waals surface area contributed by atoms with Crippen molar-refractivity contribution in [2.75, 3.05) is 0 Å². The molecule has 0 aliphatic rings. The third-order valence-electron chi connectivity index (χ3n) is 5.99. The average molecular weight is 428 g/mol. The molecule has 0 atom stereocenters. The summed E-state index contributed by atoms with van der Waals surface area (Å²) in [7, 11) is 0. The van der Waals surface area contributed by atoms with E-state index in [-0.39, 0.29) is 11.5 Å². The summed E-state index contributed by atoms with van der Waals surface area (Å²) in [6, 6.07) is 35.6. The van der Waals surface area contributed by atoms with E-state index in [0.29, 0.717) is 0 Å². The van der Waals surface area contributed by atoms with Gasteiger partial charge in [-0.2, -0.15) is 5.10 Å². The molecule has 4 heteroatoms. The molecular formula is C29H20N2O2. The van der Waals surface area contributed by atoms with Gasteiger partial charge < -0.3 is 10.2 Å². The zero-order valence-corrected chi connectivity index (χ0v) is 17.7. The summed E-state index contributed by atoms with van der Waals surface area (Å²) < 4.78 is 1.96. The molecule has 2 N–H and O–H groups in total. The van der Waals surface area contributed by atoms with Crippen LogP contribution in [-0.4, -0.2) is 19.8 Å². The maximum atomic E-state index is 10.4. The van der Waals surface area contributed by atoms with Gasteiger partial charge in [0.1, 0.15) is 5.69 Å². The number of rotatable bonds is 3. The third-order valence-corrected chi connectivity index (χ3v) is 5.99. The highest BCUT2D eigenvalue weighted by Gasteiger charge is 2.22. The maximum absolute atomic E-state index is 10.4. The molecular weight excluding hydrogens is 408 g/mol. The second-order valence-corrected chi connectivity index (χ2v) is 8.04. The zero-order chi connectivity index (χ0) is 22.4. The van der Waals surface area contributed by atoms with Gasteiger partial charge in [-0.05, 0) is 29.1 Å². The Labute approximate surface area is 190 Å². The van der Waals surface area contributed by atoms with Crippen LogP contribution in [0.2, 0.25) is 0 Å². The Morgan fingerprint density at radius 1 is 0.576 bits per heavy atom. The molecule has 158 valence electrons. The lowest BCUT2D eigenvalue weighted by molar-refractivity contribution is 0.405. The van der Waals surface area contributed by atoms with Crippen LogP contribution in [-0.2, 0) is 0 Å². The molecule has 0 bridgehead atoms. The minimum atomic E-state index is -0.154. The van der Waals surface area contributed by atoms with Gasteiger partial charge in [-0.1, -0.05) is 91.0 Å². The molecule has 0 unspecified atom stereocenters. The molecule has 0 fully saturated rings. The minimum Gasteiger partial charge on any atom is -0.504 e. The molecule has 0 spiro atoms. The molecule has 0 saturated heterocycles. The van der Waals surface area contributed by atoms with Crippen molar-refractivity contribution in [3.8, 4) is 45.1 Å². The second kappa shape index (κ2) is 7.53. The monoisotopic (exact) mass is 428 g/mol. The summed E-state index contributed by atoms with van der Waals surface area (Å²) in [4.78, 5) is 0. The van der Waals surface area contributed by atoms with E-state index in [9.17, 15) is 10.2 Å². The first-order valence-electron chi connectivity index (χ1n) is 10.8. The van der Waals surface area contributed by atoms with Gasteiger partial charge in [0, 0.05) is 22.1 Å². The van der Waals surface area contributed by atoms with Crippen LogP contribution in [0.3, 0.4) is 0 Å². The molecule has 0 radical (unpaired) electrons. The van der Waals surface area contributed by atoms with Gasteiger partial charge in [0.25, 0.3) is 0 Å². The van der Waals surface area contributed by atoms with Crippen LogP contribution in [0.25, 0.3) is 49.9 Å². The summed E-state index contributed by atoms with van der Waals surface area (Å²) in [5.41, 5.74) is 6.68. The molecule has 0 amide bonds. The minimum absolute atomic E-state index is 0.144. The van der Waals surface area contributed by atoms with Crippen molar-refractivity contribution in [2.24, 2.45) is 0 Å². The Balaban J connectivity index is 1.85. The van der Waals surface area contributed by atoms with E-state index >= 15 is 0 Å². The van der Waals surface area contributed by atoms with Gasteiger partial charge in [-0.25, -0.2) is 4.52 Å². The van der Waals surface area contributed by atoms with Crippen LogP contribution < -0.4 is 0 Å². The SMILES string of the molecule is Oc1cc2cc(-c3ccccc3)n3nc(-c4ccccc4)c(-c4ccccc4)c3c2cc1O. The standard InChI is InChI=1S/C29H20N2O2/c32-25-17-22-16-24(19-10-4-1-5-11-19)31-29(23(22)18-26(25)33)27(20-12-6-2-7-13-20)28(30-31)21-14-8-3-9-15-21/h1-18,32-33H. The lowest BCUT2D eigenvalue weighted by Gasteiger charge is -2.11. The van der Waals surface area contributed by atoms with E-state index in [0.717, 1.165) is 49.9 Å². The number of nitrogens with zero attached hydrogens (tertiary/aromatic N) is 2. The van der Waals surface area contributed by atoms with Crippen molar-refractivity contribution in [1.29, 1.82) is 0 Å². The number of benzene rings is 4. The predicted molar refractivity (Wildman–Crippen MR) is 132 cm³/mol. The van der Waals surface area contributed by atoms with Crippen molar-refractivity contribution >= 4 is 16.3 Å². The van der Waals surface area contributed by atoms with Crippen molar-refractivity contribution in [3.63, 3.8) is 0 Å². The molecule has 0 aliphatic carbocycles. The van der Waals surface area contributed by atoms with Crippen LogP contribution in [0.15, 0.2) is 109 Å². The van der Waals surface area contributed by atoms with E-state index in [1.807, 2.05) is 77.3 Å². The first-order valence-corrected chi connectivity index (χ1v) is 10.8. The molecule has 4 aromatic carbocycles. The topological polar surface area (TPSA) is 57.8 Å². The Morgan fingerprint density at radius 3 is 1.76 bits per heavy atom. The third kappa shape index (κ3) is 3.12. The number of phenols is 2. The van der Waals surface area contributed by atoms with Gasteiger partial charge in [0.2, 0.25) is 0 Å². The van der Waals surface area contributed by atoms with Gasteiger partial charge in [0.15, 0.2) is 11.5 Å². The number of aromatic hydroxyl groups is 2. The first kappa shape index (κ1) is 19.1. The van der Waals surface area contributed by atoms with Gasteiger partial charge in [-0.15, -0.1) is 0 Å². The van der Waals surface area contributed by atoms with Crippen molar-refractivity contribution in [1.82, 2.24) is 9.61 Å². The largest absolute Gasteiger partial charge is 0.504 e. The highest BCUT2D eigenvalue weighted by Crippen LogP contribution is 2.42. The number of fused-ring (bicyclic) bond motifs is 3. The van der Waals surface area contributed by atoms with Crippen molar-refractivity contribution < 1.29 is 10.2 Å². The Morgan fingerprint density at radius 2 is 1.12 bits per heavy atom. The highest BCUT2D eigenvalue weighted by molar-refractivity contribution is 6.09. The van der Waals surface area contributed by atoms with Gasteiger partial charge in [-0.3, -0.25) is 0 Å². The summed E-state index contributed by atoms with van der Waals surface area (Å²) in [5.74, 6) is -0.298. The van der Waals surface area contributed by atoms with Gasteiger partial charge in [0.05, 0.1) is 11.2 Å². The van der Waals surface area contributed by atoms with Crippen LogP contribution in [0, 0.1) is 0 Å². The summed E-state index contributed by atoms with van der Waals surface area (Å²) >= 11 is 0. The van der Waals surface area contributed by atoms with Crippen LogP contribution in [0.1, 0.15) is 0 Å². The van der Waals surface area contributed by atoms with Crippen molar-refractivity contribution in [2.45, 2.75) is 0 Å². The molecule has 4 nitrogen and oxygen atoms in total. The number of hydrogen-bond acceptors (Lipinski definition) is 3. The number of aromatic nitrogens is 2. The van der Waals surface area contributed by atoms with Crippen LogP contribution in [0.4, 0.5) is 0 Å². The van der Waals surface area contributed by atoms with E-state index in [2.05, 4.69) is 24.3 Å². The molecule has 33 heavy (non-hydrogen) atoms. The summed E-state index contributed by atoms with van der Waals surface area (Å²) in [6.07, 6.45) is 0. The molecule has 2 heterocycles. The van der Waals surface area contributed by atoms with Crippen LogP contribution in [0.5, 0.6) is 11.5 Å². The first-order chi connectivity index (χ1) is 16.2. The predicted octanol–water partition coefficient (Wildman–Crippen LogP) is 6.90. The molecule has 0 aliphatic heterocycles. The van der Waals surface area contributed by atoms with Crippen LogP contribution >= 0.6 is 0 Å². The fraction of sp³-hybridized carbons (Fsp3) is 0. The maximum Gasteiger partial charge on any atom is 0.158 e. The molecule has 6 aromatic rings. The van der Waals surface area contributed by atoms with E-state index in [4.69, 9.17) is 5.10 Å². The quantitative estimate of drug-likeness (QED) is 0.301. The normalized spacial score (nSPS) is 11.3.